The van der Waals surface area contributed by atoms with Crippen LogP contribution in [0.15, 0.2) is 78.0 Å². The molecule has 1 amide bonds. The SMILES string of the molecule is Cc1nccn1-c1cc(CNC(=O)c2ccc(-c3ccccc3)[nH]c2=O)ccn1. The van der Waals surface area contributed by atoms with Crippen molar-refractivity contribution in [3.05, 3.63) is 100 Å². The van der Waals surface area contributed by atoms with Gasteiger partial charge in [0.25, 0.3) is 11.5 Å². The summed E-state index contributed by atoms with van der Waals surface area (Å²) in [5.41, 5.74) is 2.07. The van der Waals surface area contributed by atoms with Crippen LogP contribution in [0.25, 0.3) is 17.1 Å². The molecule has 0 saturated carbocycles. The predicted octanol–water partition coefficient (Wildman–Crippen LogP) is 2.86. The minimum atomic E-state index is -0.428. The molecular formula is C22H19N5O2. The van der Waals surface area contributed by atoms with Gasteiger partial charge < -0.3 is 10.3 Å². The molecule has 0 radical (unpaired) electrons. The Balaban J connectivity index is 1.48. The Morgan fingerprint density at radius 2 is 1.90 bits per heavy atom. The first-order chi connectivity index (χ1) is 14.1. The number of nitrogens with zero attached hydrogens (tertiary/aromatic N) is 3. The van der Waals surface area contributed by atoms with E-state index in [-0.39, 0.29) is 12.1 Å². The number of aromatic amines is 1. The summed E-state index contributed by atoms with van der Waals surface area (Å²) >= 11 is 0. The summed E-state index contributed by atoms with van der Waals surface area (Å²) in [6, 6.07) is 16.5. The maximum Gasteiger partial charge on any atom is 0.261 e. The van der Waals surface area contributed by atoms with E-state index >= 15 is 0 Å². The zero-order chi connectivity index (χ0) is 20.2. The first-order valence-corrected chi connectivity index (χ1v) is 9.14. The Kier molecular flexibility index (Phi) is 5.03. The Morgan fingerprint density at radius 3 is 2.62 bits per heavy atom. The van der Waals surface area contributed by atoms with E-state index in [0.717, 1.165) is 22.8 Å². The second-order valence-electron chi connectivity index (χ2n) is 6.53. The molecule has 2 N–H and O–H groups in total. The van der Waals surface area contributed by atoms with E-state index in [1.807, 2.05) is 60.2 Å². The summed E-state index contributed by atoms with van der Waals surface area (Å²) in [4.78, 5) is 36.2. The number of imidazole rings is 1. The molecule has 3 heterocycles. The zero-order valence-electron chi connectivity index (χ0n) is 15.8. The Labute approximate surface area is 167 Å². The van der Waals surface area contributed by atoms with E-state index < -0.39 is 11.5 Å². The minimum Gasteiger partial charge on any atom is -0.348 e. The normalized spacial score (nSPS) is 10.7. The largest absolute Gasteiger partial charge is 0.348 e. The number of hydrogen-bond acceptors (Lipinski definition) is 4. The first-order valence-electron chi connectivity index (χ1n) is 9.14. The molecule has 0 atom stereocenters. The number of amides is 1. The van der Waals surface area contributed by atoms with Crippen LogP contribution in [0.5, 0.6) is 0 Å². The summed E-state index contributed by atoms with van der Waals surface area (Å²) in [7, 11) is 0. The average Bonchev–Trinajstić information content (AvgIpc) is 3.18. The molecule has 7 heteroatoms. The van der Waals surface area contributed by atoms with Crippen LogP contribution in [0, 0.1) is 6.92 Å². The van der Waals surface area contributed by atoms with Crippen LogP contribution >= 0.6 is 0 Å². The molecule has 144 valence electrons. The molecule has 0 saturated heterocycles. The number of benzene rings is 1. The maximum atomic E-state index is 12.5. The van der Waals surface area contributed by atoms with Gasteiger partial charge in [0.05, 0.1) is 0 Å². The van der Waals surface area contributed by atoms with Crippen molar-refractivity contribution in [3.8, 4) is 17.1 Å². The molecule has 7 nitrogen and oxygen atoms in total. The molecule has 0 spiro atoms. The maximum absolute atomic E-state index is 12.5. The number of carbonyl (C=O) groups excluding carboxylic acids is 1. The molecule has 0 bridgehead atoms. The van der Waals surface area contributed by atoms with Crippen molar-refractivity contribution in [2.24, 2.45) is 0 Å². The molecule has 0 aliphatic carbocycles. The van der Waals surface area contributed by atoms with E-state index in [2.05, 4.69) is 20.3 Å². The van der Waals surface area contributed by atoms with Gasteiger partial charge >= 0.3 is 0 Å². The third kappa shape index (κ3) is 3.98. The molecule has 0 unspecified atom stereocenters. The standard InChI is InChI=1S/C22H19N5O2/c1-15-23-11-12-27(15)20-13-16(9-10-24-20)14-25-21(28)18-7-8-19(26-22(18)29)17-5-3-2-4-6-17/h2-13H,14H2,1H3,(H,25,28)(H,26,29). The fourth-order valence-electron chi connectivity index (χ4n) is 3.04. The van der Waals surface area contributed by atoms with E-state index in [0.29, 0.717) is 5.69 Å². The Bertz CT molecular complexity index is 1210. The minimum absolute atomic E-state index is 0.0735. The highest BCUT2D eigenvalue weighted by Crippen LogP contribution is 2.15. The zero-order valence-corrected chi connectivity index (χ0v) is 15.8. The van der Waals surface area contributed by atoms with Crippen molar-refractivity contribution in [1.29, 1.82) is 0 Å². The number of nitrogens with one attached hydrogen (secondary N) is 2. The second kappa shape index (κ2) is 7.93. The molecule has 1 aromatic carbocycles. The van der Waals surface area contributed by atoms with Gasteiger partial charge in [0.1, 0.15) is 17.2 Å². The van der Waals surface area contributed by atoms with Gasteiger partial charge in [-0.1, -0.05) is 30.3 Å². The summed E-state index contributed by atoms with van der Waals surface area (Å²) < 4.78 is 1.86. The number of carbonyl (C=O) groups is 1. The van der Waals surface area contributed by atoms with Crippen LogP contribution in [0.4, 0.5) is 0 Å². The summed E-state index contributed by atoms with van der Waals surface area (Å²) in [6.07, 6.45) is 5.21. The number of rotatable bonds is 5. The lowest BCUT2D eigenvalue weighted by Gasteiger charge is -2.09. The number of hydrogen-bond donors (Lipinski definition) is 2. The fraction of sp³-hybridized carbons (Fsp3) is 0.0909. The van der Waals surface area contributed by atoms with E-state index in [1.54, 1.807) is 24.5 Å². The highest BCUT2D eigenvalue weighted by Gasteiger charge is 2.12. The van der Waals surface area contributed by atoms with Gasteiger partial charge in [-0.2, -0.15) is 0 Å². The number of aromatic nitrogens is 4. The van der Waals surface area contributed by atoms with Gasteiger partial charge in [-0.15, -0.1) is 0 Å². The van der Waals surface area contributed by atoms with Crippen LogP contribution < -0.4 is 10.9 Å². The van der Waals surface area contributed by atoms with Crippen molar-refractivity contribution in [2.75, 3.05) is 0 Å². The van der Waals surface area contributed by atoms with Gasteiger partial charge in [0, 0.05) is 30.8 Å². The van der Waals surface area contributed by atoms with Crippen LogP contribution in [-0.2, 0) is 6.54 Å². The van der Waals surface area contributed by atoms with Crippen molar-refractivity contribution in [2.45, 2.75) is 13.5 Å². The van der Waals surface area contributed by atoms with E-state index in [4.69, 9.17) is 0 Å². The van der Waals surface area contributed by atoms with Crippen LogP contribution in [-0.4, -0.2) is 25.4 Å². The van der Waals surface area contributed by atoms with Gasteiger partial charge in [-0.3, -0.25) is 14.2 Å². The smallest absolute Gasteiger partial charge is 0.261 e. The molecule has 4 rings (SSSR count). The van der Waals surface area contributed by atoms with Gasteiger partial charge in [-0.05, 0) is 42.3 Å². The third-order valence-electron chi connectivity index (χ3n) is 4.57. The average molecular weight is 385 g/mol. The number of pyridine rings is 2. The van der Waals surface area contributed by atoms with Crippen LogP contribution in [0.2, 0.25) is 0 Å². The van der Waals surface area contributed by atoms with Crippen molar-refractivity contribution < 1.29 is 4.79 Å². The van der Waals surface area contributed by atoms with Gasteiger partial charge in [-0.25, -0.2) is 9.97 Å². The lowest BCUT2D eigenvalue weighted by Crippen LogP contribution is -2.29. The predicted molar refractivity (Wildman–Crippen MR) is 110 cm³/mol. The lowest BCUT2D eigenvalue weighted by molar-refractivity contribution is 0.0949. The highest BCUT2D eigenvalue weighted by molar-refractivity contribution is 5.94. The molecule has 29 heavy (non-hydrogen) atoms. The quantitative estimate of drug-likeness (QED) is 0.552. The third-order valence-corrected chi connectivity index (χ3v) is 4.57. The fourth-order valence-corrected chi connectivity index (χ4v) is 3.04. The number of H-pyrrole nitrogens is 1. The van der Waals surface area contributed by atoms with E-state index in [1.165, 1.54) is 0 Å². The van der Waals surface area contributed by atoms with Crippen molar-refractivity contribution >= 4 is 5.91 Å². The molecule has 0 aliphatic heterocycles. The molecular weight excluding hydrogens is 366 g/mol. The highest BCUT2D eigenvalue weighted by atomic mass is 16.2. The van der Waals surface area contributed by atoms with Crippen molar-refractivity contribution in [3.63, 3.8) is 0 Å². The second-order valence-corrected chi connectivity index (χ2v) is 6.53. The lowest BCUT2D eigenvalue weighted by atomic mass is 10.1. The monoisotopic (exact) mass is 385 g/mol. The Morgan fingerprint density at radius 1 is 1.07 bits per heavy atom. The topological polar surface area (TPSA) is 92.7 Å². The summed E-state index contributed by atoms with van der Waals surface area (Å²) in [6.45, 7) is 2.17. The molecule has 0 aliphatic rings. The molecule has 0 fully saturated rings. The summed E-state index contributed by atoms with van der Waals surface area (Å²) in [5.74, 6) is 1.11. The molecule has 3 aromatic heterocycles. The molecule has 4 aromatic rings. The van der Waals surface area contributed by atoms with Crippen molar-refractivity contribution in [1.82, 2.24) is 24.8 Å². The Hall–Kier alpha value is -4.00. The number of aryl methyl sites for hydroxylation is 1. The van der Waals surface area contributed by atoms with E-state index in [9.17, 15) is 9.59 Å². The van der Waals surface area contributed by atoms with Crippen LogP contribution in [0.3, 0.4) is 0 Å². The first kappa shape index (κ1) is 18.4. The summed E-state index contributed by atoms with van der Waals surface area (Å²) in [5, 5.41) is 2.79. The van der Waals surface area contributed by atoms with Gasteiger partial charge in [0.15, 0.2) is 0 Å². The van der Waals surface area contributed by atoms with Gasteiger partial charge in [0.2, 0.25) is 0 Å². The van der Waals surface area contributed by atoms with Crippen LogP contribution in [0.1, 0.15) is 21.7 Å².